The van der Waals surface area contributed by atoms with Gasteiger partial charge in [0.1, 0.15) is 5.25 Å². The average molecular weight is 285 g/mol. The first kappa shape index (κ1) is 15.7. The summed E-state index contributed by atoms with van der Waals surface area (Å²) in [5.74, 6) is -0.737. The number of para-hydroxylation sites is 1. The molecule has 0 aromatic heterocycles. The number of hydrogen-bond donors (Lipinski definition) is 2. The molecule has 0 saturated heterocycles. The Morgan fingerprint density at radius 3 is 2.58 bits per heavy atom. The molecule has 1 atom stereocenters. The smallest absolute Gasteiger partial charge is 0.242 e. The van der Waals surface area contributed by atoms with E-state index in [-0.39, 0.29) is 18.8 Å². The van der Waals surface area contributed by atoms with Gasteiger partial charge in [-0.25, -0.2) is 8.42 Å². The average Bonchev–Trinajstić information content (AvgIpc) is 2.38. The van der Waals surface area contributed by atoms with Crippen LogP contribution < -0.4 is 5.32 Å². The van der Waals surface area contributed by atoms with Crippen molar-refractivity contribution in [3.8, 4) is 0 Å². The van der Waals surface area contributed by atoms with Crippen LogP contribution >= 0.6 is 0 Å². The minimum atomic E-state index is -3.53. The van der Waals surface area contributed by atoms with E-state index >= 15 is 0 Å². The molecule has 1 rings (SSSR count). The molecule has 0 aliphatic carbocycles. The summed E-state index contributed by atoms with van der Waals surface area (Å²) in [4.78, 5) is 11.9. The molecule has 2 N–H and O–H groups in total. The number of hydrogen-bond acceptors (Lipinski definition) is 4. The number of aliphatic hydroxyl groups is 1. The fourth-order valence-electron chi connectivity index (χ4n) is 1.55. The Kier molecular flexibility index (Phi) is 5.50. The van der Waals surface area contributed by atoms with E-state index in [1.54, 1.807) is 12.1 Å². The molecule has 1 unspecified atom stereocenters. The second-order valence-corrected chi connectivity index (χ2v) is 6.83. The van der Waals surface area contributed by atoms with Crippen molar-refractivity contribution in [2.24, 2.45) is 0 Å². The largest absolute Gasteiger partial charge is 0.396 e. The number of anilines is 1. The van der Waals surface area contributed by atoms with E-state index in [4.69, 9.17) is 5.11 Å². The maximum absolute atomic E-state index is 11.9. The zero-order chi connectivity index (χ0) is 14.5. The Balaban J connectivity index is 2.76. The lowest BCUT2D eigenvalue weighted by Crippen LogP contribution is -2.34. The van der Waals surface area contributed by atoms with Crippen LogP contribution in [0.25, 0.3) is 0 Å². The lowest BCUT2D eigenvalue weighted by atomic mass is 10.2. The number of aryl methyl sites for hydroxylation is 1. The number of benzene rings is 1. The van der Waals surface area contributed by atoms with Gasteiger partial charge in [0.05, 0.1) is 5.75 Å². The summed E-state index contributed by atoms with van der Waals surface area (Å²) in [5.41, 5.74) is 1.48. The van der Waals surface area contributed by atoms with Gasteiger partial charge in [-0.3, -0.25) is 4.79 Å². The van der Waals surface area contributed by atoms with Gasteiger partial charge >= 0.3 is 0 Å². The summed E-state index contributed by atoms with van der Waals surface area (Å²) in [5, 5.41) is 10.1. The zero-order valence-corrected chi connectivity index (χ0v) is 11.9. The van der Waals surface area contributed by atoms with Crippen LogP contribution in [0.1, 0.15) is 18.9 Å². The normalized spacial score (nSPS) is 13.0. The van der Waals surface area contributed by atoms with Crippen LogP contribution in [0, 0.1) is 6.92 Å². The van der Waals surface area contributed by atoms with E-state index in [9.17, 15) is 13.2 Å². The molecule has 1 aromatic rings. The monoisotopic (exact) mass is 285 g/mol. The fourth-order valence-corrected chi connectivity index (χ4v) is 2.82. The van der Waals surface area contributed by atoms with Gasteiger partial charge in [0.2, 0.25) is 5.91 Å². The highest BCUT2D eigenvalue weighted by atomic mass is 32.2. The molecule has 0 bridgehead atoms. The molecule has 0 fully saturated rings. The SMILES string of the molecule is Cc1ccccc1NC(=O)C(C)S(=O)(=O)CCCO. The van der Waals surface area contributed by atoms with Gasteiger partial charge in [-0.05, 0) is 31.9 Å². The summed E-state index contributed by atoms with van der Waals surface area (Å²) in [7, 11) is -3.53. The van der Waals surface area contributed by atoms with E-state index in [0.29, 0.717) is 5.69 Å². The molecule has 5 nitrogen and oxygen atoms in total. The van der Waals surface area contributed by atoms with Crippen LogP contribution in [0.15, 0.2) is 24.3 Å². The van der Waals surface area contributed by atoms with Gasteiger partial charge in [0.15, 0.2) is 9.84 Å². The van der Waals surface area contributed by atoms with Gasteiger partial charge in [0.25, 0.3) is 0 Å². The van der Waals surface area contributed by atoms with Gasteiger partial charge in [-0.1, -0.05) is 18.2 Å². The Morgan fingerprint density at radius 2 is 2.00 bits per heavy atom. The third-order valence-corrected chi connectivity index (χ3v) is 5.05. The van der Waals surface area contributed by atoms with E-state index in [2.05, 4.69) is 5.32 Å². The molecule has 106 valence electrons. The molecule has 0 heterocycles. The minimum Gasteiger partial charge on any atom is -0.396 e. The Labute approximate surface area is 113 Å². The second-order valence-electron chi connectivity index (χ2n) is 4.39. The van der Waals surface area contributed by atoms with Crippen molar-refractivity contribution >= 4 is 21.4 Å². The molecular formula is C13H19NO4S. The Morgan fingerprint density at radius 1 is 1.37 bits per heavy atom. The van der Waals surface area contributed by atoms with Crippen molar-refractivity contribution in [1.82, 2.24) is 0 Å². The molecular weight excluding hydrogens is 266 g/mol. The predicted octanol–water partition coefficient (Wildman–Crippen LogP) is 1.12. The van der Waals surface area contributed by atoms with Crippen molar-refractivity contribution in [3.63, 3.8) is 0 Å². The predicted molar refractivity (Wildman–Crippen MR) is 74.8 cm³/mol. The summed E-state index contributed by atoms with van der Waals surface area (Å²) in [6, 6.07) is 7.17. The van der Waals surface area contributed by atoms with Crippen molar-refractivity contribution in [1.29, 1.82) is 0 Å². The molecule has 0 aliphatic heterocycles. The first-order valence-electron chi connectivity index (χ1n) is 6.07. The molecule has 19 heavy (non-hydrogen) atoms. The lowest BCUT2D eigenvalue weighted by molar-refractivity contribution is -0.115. The maximum Gasteiger partial charge on any atom is 0.242 e. The van der Waals surface area contributed by atoms with Gasteiger partial charge in [0, 0.05) is 12.3 Å². The molecule has 0 saturated carbocycles. The minimum absolute atomic E-state index is 0.143. The highest BCUT2D eigenvalue weighted by Crippen LogP contribution is 2.15. The fraction of sp³-hybridized carbons (Fsp3) is 0.462. The van der Waals surface area contributed by atoms with Crippen LogP contribution in [0.5, 0.6) is 0 Å². The number of carbonyl (C=O) groups is 1. The Hall–Kier alpha value is -1.40. The number of rotatable bonds is 6. The van der Waals surface area contributed by atoms with Crippen molar-refractivity contribution in [2.75, 3.05) is 17.7 Å². The van der Waals surface area contributed by atoms with Gasteiger partial charge in [-0.2, -0.15) is 0 Å². The summed E-state index contributed by atoms with van der Waals surface area (Å²) in [6.07, 6.45) is 0.143. The van der Waals surface area contributed by atoms with E-state index in [0.717, 1.165) is 5.56 Å². The molecule has 6 heteroatoms. The highest BCUT2D eigenvalue weighted by Gasteiger charge is 2.27. The van der Waals surface area contributed by atoms with Gasteiger partial charge in [-0.15, -0.1) is 0 Å². The first-order chi connectivity index (χ1) is 8.88. The molecule has 0 spiro atoms. The quantitative estimate of drug-likeness (QED) is 0.820. The molecule has 1 aromatic carbocycles. The number of carbonyl (C=O) groups excluding carboxylic acids is 1. The number of sulfone groups is 1. The first-order valence-corrected chi connectivity index (χ1v) is 7.79. The van der Waals surface area contributed by atoms with Crippen LogP contribution in [0.3, 0.4) is 0 Å². The van der Waals surface area contributed by atoms with E-state index in [1.165, 1.54) is 6.92 Å². The summed E-state index contributed by atoms with van der Waals surface area (Å²) in [6.45, 7) is 2.99. The zero-order valence-electron chi connectivity index (χ0n) is 11.1. The molecule has 1 amide bonds. The summed E-state index contributed by atoms with van der Waals surface area (Å²) < 4.78 is 23.7. The number of amides is 1. The Bertz CT molecular complexity index is 539. The van der Waals surface area contributed by atoms with Crippen LogP contribution in [-0.4, -0.2) is 37.0 Å². The third-order valence-electron chi connectivity index (χ3n) is 2.90. The van der Waals surface area contributed by atoms with E-state index in [1.807, 2.05) is 19.1 Å². The lowest BCUT2D eigenvalue weighted by Gasteiger charge is -2.14. The van der Waals surface area contributed by atoms with E-state index < -0.39 is 21.0 Å². The third kappa shape index (κ3) is 4.33. The van der Waals surface area contributed by atoms with Crippen LogP contribution in [0.4, 0.5) is 5.69 Å². The van der Waals surface area contributed by atoms with Crippen molar-refractivity contribution < 1.29 is 18.3 Å². The number of aliphatic hydroxyl groups excluding tert-OH is 1. The topological polar surface area (TPSA) is 83.5 Å². The van der Waals surface area contributed by atoms with Crippen molar-refractivity contribution in [3.05, 3.63) is 29.8 Å². The van der Waals surface area contributed by atoms with Crippen LogP contribution in [0.2, 0.25) is 0 Å². The van der Waals surface area contributed by atoms with Crippen LogP contribution in [-0.2, 0) is 14.6 Å². The van der Waals surface area contributed by atoms with Crippen molar-refractivity contribution in [2.45, 2.75) is 25.5 Å². The second kappa shape index (κ2) is 6.68. The summed E-state index contributed by atoms with van der Waals surface area (Å²) >= 11 is 0. The molecule has 0 aliphatic rings. The highest BCUT2D eigenvalue weighted by molar-refractivity contribution is 7.92. The molecule has 0 radical (unpaired) electrons. The standard InChI is InChI=1S/C13H19NO4S/c1-10-6-3-4-7-12(10)14-13(16)11(2)19(17,18)9-5-8-15/h3-4,6-7,11,15H,5,8-9H2,1-2H3,(H,14,16). The number of nitrogens with one attached hydrogen (secondary N) is 1. The van der Waals surface area contributed by atoms with Gasteiger partial charge < -0.3 is 10.4 Å². The maximum atomic E-state index is 11.9.